The molecule has 1 unspecified atom stereocenters. The minimum Gasteiger partial charge on any atom is -0.492 e. The molecule has 0 spiro atoms. The number of ether oxygens (including phenoxy) is 1. The minimum atomic E-state index is 0.238. The summed E-state index contributed by atoms with van der Waals surface area (Å²) in [5.74, 6) is 1.87. The first-order valence-electron chi connectivity index (χ1n) is 6.98. The van der Waals surface area contributed by atoms with E-state index < -0.39 is 0 Å². The molecule has 1 aromatic carbocycles. The molecule has 2 aromatic rings. The smallest absolute Gasteiger partial charge is 0.131 e. The van der Waals surface area contributed by atoms with Crippen molar-refractivity contribution in [3.05, 3.63) is 39.8 Å². The number of nitrogens with zero attached hydrogens (tertiary/aromatic N) is 2. The third-order valence-electron chi connectivity index (χ3n) is 3.31. The lowest BCUT2D eigenvalue weighted by molar-refractivity contribution is 0.342. The molecule has 20 heavy (non-hydrogen) atoms. The van der Waals surface area contributed by atoms with E-state index in [4.69, 9.17) is 4.74 Å². The SMILES string of the molecule is CC(C)CNCc1nnc(C2COc3ccccc32)s1. The van der Waals surface area contributed by atoms with Crippen molar-refractivity contribution < 1.29 is 4.74 Å². The summed E-state index contributed by atoms with van der Waals surface area (Å²) < 4.78 is 5.71. The summed E-state index contributed by atoms with van der Waals surface area (Å²) in [5, 5.41) is 14.1. The lowest BCUT2D eigenvalue weighted by atomic mass is 10.0. The Morgan fingerprint density at radius 1 is 1.35 bits per heavy atom. The van der Waals surface area contributed by atoms with Crippen LogP contribution in [0.2, 0.25) is 0 Å². The molecule has 3 rings (SSSR count). The molecule has 0 fully saturated rings. The first-order chi connectivity index (χ1) is 9.74. The van der Waals surface area contributed by atoms with E-state index in [1.807, 2.05) is 18.2 Å². The molecule has 1 N–H and O–H groups in total. The molecule has 1 aliphatic rings. The fourth-order valence-electron chi connectivity index (χ4n) is 2.31. The highest BCUT2D eigenvalue weighted by molar-refractivity contribution is 7.11. The van der Waals surface area contributed by atoms with Crippen LogP contribution in [-0.2, 0) is 6.54 Å². The van der Waals surface area contributed by atoms with Crippen LogP contribution < -0.4 is 10.1 Å². The second-order valence-corrected chi connectivity index (χ2v) is 6.55. The predicted molar refractivity (Wildman–Crippen MR) is 80.2 cm³/mol. The van der Waals surface area contributed by atoms with Crippen LogP contribution in [-0.4, -0.2) is 23.3 Å². The summed E-state index contributed by atoms with van der Waals surface area (Å²) in [4.78, 5) is 0. The van der Waals surface area contributed by atoms with Crippen molar-refractivity contribution in [1.29, 1.82) is 0 Å². The summed E-state index contributed by atoms with van der Waals surface area (Å²) in [7, 11) is 0. The van der Waals surface area contributed by atoms with Gasteiger partial charge in [0.25, 0.3) is 0 Å². The molecule has 5 heteroatoms. The number of fused-ring (bicyclic) bond motifs is 1. The number of para-hydroxylation sites is 1. The molecule has 0 amide bonds. The van der Waals surface area contributed by atoms with Gasteiger partial charge in [-0.05, 0) is 18.5 Å². The van der Waals surface area contributed by atoms with Gasteiger partial charge in [0, 0.05) is 12.1 Å². The second-order valence-electron chi connectivity index (χ2n) is 5.46. The van der Waals surface area contributed by atoms with Crippen LogP contribution in [0.5, 0.6) is 5.75 Å². The van der Waals surface area contributed by atoms with Crippen LogP contribution in [0.3, 0.4) is 0 Å². The summed E-state index contributed by atoms with van der Waals surface area (Å²) >= 11 is 1.68. The van der Waals surface area contributed by atoms with Crippen molar-refractivity contribution in [1.82, 2.24) is 15.5 Å². The van der Waals surface area contributed by atoms with Crippen molar-refractivity contribution in [2.75, 3.05) is 13.2 Å². The summed E-state index contributed by atoms with van der Waals surface area (Å²) in [6.07, 6.45) is 0. The molecule has 4 nitrogen and oxygen atoms in total. The van der Waals surface area contributed by atoms with Gasteiger partial charge in [-0.3, -0.25) is 0 Å². The van der Waals surface area contributed by atoms with Crippen LogP contribution >= 0.6 is 11.3 Å². The van der Waals surface area contributed by atoms with E-state index in [0.717, 1.165) is 28.9 Å². The Morgan fingerprint density at radius 2 is 2.20 bits per heavy atom. The van der Waals surface area contributed by atoms with Gasteiger partial charge >= 0.3 is 0 Å². The van der Waals surface area contributed by atoms with Gasteiger partial charge in [-0.25, -0.2) is 0 Å². The highest BCUT2D eigenvalue weighted by atomic mass is 32.1. The van der Waals surface area contributed by atoms with Crippen LogP contribution in [0, 0.1) is 5.92 Å². The maximum absolute atomic E-state index is 5.71. The standard InChI is InChI=1S/C15H19N3OS/c1-10(2)7-16-8-14-17-18-15(20-14)12-9-19-13-6-4-3-5-11(12)13/h3-6,10,12,16H,7-9H2,1-2H3. The van der Waals surface area contributed by atoms with E-state index in [0.29, 0.717) is 12.5 Å². The van der Waals surface area contributed by atoms with E-state index in [9.17, 15) is 0 Å². The van der Waals surface area contributed by atoms with Gasteiger partial charge in [0.1, 0.15) is 22.4 Å². The lowest BCUT2D eigenvalue weighted by Crippen LogP contribution is -2.18. The quantitative estimate of drug-likeness (QED) is 0.919. The van der Waals surface area contributed by atoms with Gasteiger partial charge in [-0.1, -0.05) is 43.4 Å². The average molecular weight is 289 g/mol. The number of benzene rings is 1. The Balaban J connectivity index is 1.69. The minimum absolute atomic E-state index is 0.238. The third kappa shape index (κ3) is 2.83. The van der Waals surface area contributed by atoms with Crippen LogP contribution in [0.1, 0.15) is 35.3 Å². The van der Waals surface area contributed by atoms with E-state index in [-0.39, 0.29) is 5.92 Å². The fraction of sp³-hybridized carbons (Fsp3) is 0.467. The Morgan fingerprint density at radius 3 is 3.05 bits per heavy atom. The Kier molecular flexibility index (Phi) is 3.98. The third-order valence-corrected chi connectivity index (χ3v) is 4.35. The van der Waals surface area contributed by atoms with Crippen LogP contribution in [0.4, 0.5) is 0 Å². The molecule has 1 aliphatic heterocycles. The zero-order chi connectivity index (χ0) is 13.9. The summed E-state index contributed by atoms with van der Waals surface area (Å²) in [5.41, 5.74) is 1.23. The van der Waals surface area contributed by atoms with Crippen molar-refractivity contribution in [3.8, 4) is 5.75 Å². The van der Waals surface area contributed by atoms with E-state index in [1.165, 1.54) is 5.56 Å². The van der Waals surface area contributed by atoms with Crippen LogP contribution in [0.25, 0.3) is 0 Å². The van der Waals surface area contributed by atoms with Crippen molar-refractivity contribution in [2.45, 2.75) is 26.3 Å². The van der Waals surface area contributed by atoms with Crippen molar-refractivity contribution in [2.24, 2.45) is 5.92 Å². The monoisotopic (exact) mass is 289 g/mol. The predicted octanol–water partition coefficient (Wildman–Crippen LogP) is 2.81. The fourth-order valence-corrected chi connectivity index (χ4v) is 3.23. The molecule has 0 radical (unpaired) electrons. The highest BCUT2D eigenvalue weighted by Gasteiger charge is 2.28. The molecule has 1 atom stereocenters. The van der Waals surface area contributed by atoms with Gasteiger partial charge < -0.3 is 10.1 Å². The Labute approximate surface area is 123 Å². The zero-order valence-electron chi connectivity index (χ0n) is 11.8. The highest BCUT2D eigenvalue weighted by Crippen LogP contribution is 2.38. The molecule has 0 saturated heterocycles. The molecule has 0 aliphatic carbocycles. The van der Waals surface area contributed by atoms with Gasteiger partial charge in [-0.2, -0.15) is 0 Å². The summed E-state index contributed by atoms with van der Waals surface area (Å²) in [6.45, 7) is 6.87. The van der Waals surface area contributed by atoms with Gasteiger partial charge in [0.15, 0.2) is 0 Å². The molecule has 0 bridgehead atoms. The Hall–Kier alpha value is -1.46. The number of nitrogens with one attached hydrogen (secondary N) is 1. The number of hydrogen-bond donors (Lipinski definition) is 1. The molecule has 1 aromatic heterocycles. The van der Waals surface area contributed by atoms with Gasteiger partial charge in [0.05, 0.1) is 5.92 Å². The van der Waals surface area contributed by atoms with Gasteiger partial charge in [-0.15, -0.1) is 10.2 Å². The molecular formula is C15H19N3OS. The van der Waals surface area contributed by atoms with E-state index in [2.05, 4.69) is 35.4 Å². The second kappa shape index (κ2) is 5.89. The molecule has 0 saturated carbocycles. The van der Waals surface area contributed by atoms with Gasteiger partial charge in [0.2, 0.25) is 0 Å². The average Bonchev–Trinajstić information content (AvgIpc) is 3.04. The summed E-state index contributed by atoms with van der Waals surface area (Å²) in [6, 6.07) is 8.18. The Bertz CT molecular complexity index is 582. The van der Waals surface area contributed by atoms with Crippen LogP contribution in [0.15, 0.2) is 24.3 Å². The number of rotatable bonds is 5. The molecular weight excluding hydrogens is 270 g/mol. The van der Waals surface area contributed by atoms with Crippen molar-refractivity contribution in [3.63, 3.8) is 0 Å². The van der Waals surface area contributed by atoms with E-state index in [1.54, 1.807) is 11.3 Å². The number of hydrogen-bond acceptors (Lipinski definition) is 5. The first kappa shape index (κ1) is 13.5. The zero-order valence-corrected chi connectivity index (χ0v) is 12.6. The molecule has 2 heterocycles. The maximum atomic E-state index is 5.71. The van der Waals surface area contributed by atoms with Crippen molar-refractivity contribution >= 4 is 11.3 Å². The largest absolute Gasteiger partial charge is 0.492 e. The first-order valence-corrected chi connectivity index (χ1v) is 7.80. The number of aromatic nitrogens is 2. The molecule has 106 valence electrons. The normalized spacial score (nSPS) is 17.2. The van der Waals surface area contributed by atoms with E-state index >= 15 is 0 Å². The maximum Gasteiger partial charge on any atom is 0.131 e. The topological polar surface area (TPSA) is 47.0 Å². The lowest BCUT2D eigenvalue weighted by Gasteiger charge is -2.04.